The predicted molar refractivity (Wildman–Crippen MR) is 117 cm³/mol. The van der Waals surface area contributed by atoms with E-state index in [-0.39, 0.29) is 21.4 Å². The third-order valence-corrected chi connectivity index (χ3v) is 7.70. The molecule has 0 spiro atoms. The van der Waals surface area contributed by atoms with Gasteiger partial charge in [0, 0.05) is 15.7 Å². The zero-order chi connectivity index (χ0) is 21.9. The van der Waals surface area contributed by atoms with Gasteiger partial charge in [-0.1, -0.05) is 35.0 Å². The Balaban J connectivity index is 1.83. The van der Waals surface area contributed by atoms with Gasteiger partial charge < -0.3 is 4.74 Å². The maximum Gasteiger partial charge on any atom is 0.265 e. The first-order chi connectivity index (χ1) is 14.2. The number of anilines is 1. The van der Waals surface area contributed by atoms with Gasteiger partial charge in [-0.3, -0.25) is 4.72 Å². The monoisotopic (exact) mass is 511 g/mol. The molecule has 30 heavy (non-hydrogen) atoms. The van der Waals surface area contributed by atoms with E-state index in [4.69, 9.17) is 4.74 Å². The fourth-order valence-electron chi connectivity index (χ4n) is 2.57. The number of hydrogen-bond acceptors (Lipinski definition) is 7. The topological polar surface area (TPSA) is 115 Å². The molecular weight excluding hydrogens is 494 g/mol. The van der Waals surface area contributed by atoms with Crippen LogP contribution in [0.3, 0.4) is 0 Å². The van der Waals surface area contributed by atoms with Gasteiger partial charge in [-0.15, -0.1) is 10.2 Å². The normalized spacial score (nSPS) is 11.8. The molecule has 1 aromatic heterocycles. The molecule has 0 aliphatic heterocycles. The minimum Gasteiger partial charge on any atom is -0.495 e. The Morgan fingerprint density at radius 1 is 0.967 bits per heavy atom. The highest BCUT2D eigenvalue weighted by Crippen LogP contribution is 2.29. The van der Waals surface area contributed by atoms with E-state index in [0.29, 0.717) is 21.4 Å². The molecule has 11 heteroatoms. The van der Waals surface area contributed by atoms with Gasteiger partial charge in [-0.2, -0.15) is 0 Å². The summed E-state index contributed by atoms with van der Waals surface area (Å²) in [6.45, 7) is 1.54. The second-order valence-corrected chi connectivity index (χ2v) is 10.9. The number of benzene rings is 2. The van der Waals surface area contributed by atoms with Crippen LogP contribution in [0.25, 0.3) is 11.3 Å². The van der Waals surface area contributed by atoms with Crippen molar-refractivity contribution in [2.24, 2.45) is 0 Å². The molecule has 0 atom stereocenters. The molecule has 0 unspecified atom stereocenters. The molecule has 0 aliphatic rings. The molecule has 0 saturated heterocycles. The number of nitrogens with zero attached hydrogens (tertiary/aromatic N) is 2. The van der Waals surface area contributed by atoms with Crippen molar-refractivity contribution < 1.29 is 21.6 Å². The number of aromatic nitrogens is 2. The van der Waals surface area contributed by atoms with Crippen LogP contribution in [-0.4, -0.2) is 39.9 Å². The predicted octanol–water partition coefficient (Wildman–Crippen LogP) is 3.51. The van der Waals surface area contributed by atoms with Crippen molar-refractivity contribution >= 4 is 41.5 Å². The van der Waals surface area contributed by atoms with Gasteiger partial charge in [0.25, 0.3) is 10.0 Å². The zero-order valence-corrected chi connectivity index (χ0v) is 19.3. The van der Waals surface area contributed by atoms with Crippen molar-refractivity contribution in [1.29, 1.82) is 0 Å². The fraction of sp³-hybridized carbons (Fsp3) is 0.158. The Kier molecular flexibility index (Phi) is 6.44. The van der Waals surface area contributed by atoms with Crippen LogP contribution in [0.5, 0.6) is 5.75 Å². The van der Waals surface area contributed by atoms with Crippen molar-refractivity contribution in [2.45, 2.75) is 16.8 Å². The summed E-state index contributed by atoms with van der Waals surface area (Å²) in [5, 5.41) is 7.65. The van der Waals surface area contributed by atoms with Gasteiger partial charge in [0.05, 0.1) is 18.6 Å². The van der Waals surface area contributed by atoms with Gasteiger partial charge in [-0.05, 0) is 42.5 Å². The van der Waals surface area contributed by atoms with E-state index in [1.165, 1.54) is 26.2 Å². The second kappa shape index (κ2) is 8.70. The molecule has 0 saturated carbocycles. The summed E-state index contributed by atoms with van der Waals surface area (Å²) < 4.78 is 57.4. The summed E-state index contributed by atoms with van der Waals surface area (Å²) in [6.07, 6.45) is 0. The molecule has 0 bridgehead atoms. The van der Waals surface area contributed by atoms with E-state index in [9.17, 15) is 16.8 Å². The maximum absolute atomic E-state index is 12.8. The molecule has 8 nitrogen and oxygen atoms in total. The Labute approximate surface area is 183 Å². The molecule has 1 N–H and O–H groups in total. The molecule has 0 aliphatic carbocycles. The zero-order valence-electron chi connectivity index (χ0n) is 16.0. The lowest BCUT2D eigenvalue weighted by Crippen LogP contribution is -2.14. The highest BCUT2D eigenvalue weighted by atomic mass is 79.9. The first-order valence-corrected chi connectivity index (χ1v) is 12.6. The Hall–Kier alpha value is -2.50. The Morgan fingerprint density at radius 3 is 2.23 bits per heavy atom. The van der Waals surface area contributed by atoms with E-state index < -0.39 is 19.9 Å². The minimum absolute atomic E-state index is 0.00189. The summed E-state index contributed by atoms with van der Waals surface area (Å²) in [7, 11) is -5.91. The smallest absolute Gasteiger partial charge is 0.265 e. The molecule has 0 fully saturated rings. The van der Waals surface area contributed by atoms with Crippen LogP contribution < -0.4 is 9.46 Å². The van der Waals surface area contributed by atoms with E-state index in [1.54, 1.807) is 42.5 Å². The summed E-state index contributed by atoms with van der Waals surface area (Å²) in [6, 6.07) is 14.1. The van der Waals surface area contributed by atoms with Crippen molar-refractivity contribution in [1.82, 2.24) is 10.2 Å². The lowest BCUT2D eigenvalue weighted by Gasteiger charge is -2.12. The number of sulfone groups is 1. The highest BCUT2D eigenvalue weighted by Gasteiger charge is 2.20. The quantitative estimate of drug-likeness (QED) is 0.515. The average molecular weight is 512 g/mol. The van der Waals surface area contributed by atoms with Gasteiger partial charge in [0.2, 0.25) is 0 Å². The van der Waals surface area contributed by atoms with Crippen molar-refractivity contribution in [3.63, 3.8) is 0 Å². The number of ether oxygens (including phenoxy) is 1. The van der Waals surface area contributed by atoms with Gasteiger partial charge in [-0.25, -0.2) is 16.8 Å². The van der Waals surface area contributed by atoms with Crippen LogP contribution in [0.1, 0.15) is 6.92 Å². The van der Waals surface area contributed by atoms with Crippen LogP contribution in [0.2, 0.25) is 0 Å². The van der Waals surface area contributed by atoms with Crippen LogP contribution in [-0.2, 0) is 19.9 Å². The molecule has 2 aromatic carbocycles. The maximum atomic E-state index is 12.8. The molecule has 0 amide bonds. The third-order valence-electron chi connectivity index (χ3n) is 4.19. The van der Waals surface area contributed by atoms with Crippen LogP contribution in [0, 0.1) is 0 Å². The molecular formula is C19H18BrN3O5S2. The van der Waals surface area contributed by atoms with Crippen LogP contribution in [0.4, 0.5) is 5.69 Å². The van der Waals surface area contributed by atoms with E-state index >= 15 is 0 Å². The van der Waals surface area contributed by atoms with Crippen LogP contribution >= 0.6 is 15.9 Å². The van der Waals surface area contributed by atoms with Gasteiger partial charge in [0.1, 0.15) is 10.6 Å². The first-order valence-electron chi connectivity index (χ1n) is 8.69. The number of rotatable bonds is 7. The number of methoxy groups -OCH3 is 1. The summed E-state index contributed by atoms with van der Waals surface area (Å²) in [5.41, 5.74) is 1.47. The van der Waals surface area contributed by atoms with Crippen molar-refractivity contribution in [2.75, 3.05) is 17.6 Å². The molecule has 3 rings (SSSR count). The lowest BCUT2D eigenvalue weighted by atomic mass is 10.1. The molecule has 0 radical (unpaired) electrons. The van der Waals surface area contributed by atoms with Gasteiger partial charge >= 0.3 is 0 Å². The number of nitrogens with one attached hydrogen (secondary N) is 1. The number of hydrogen-bond donors (Lipinski definition) is 1. The lowest BCUT2D eigenvalue weighted by molar-refractivity contribution is 0.403. The van der Waals surface area contributed by atoms with Gasteiger partial charge in [0.15, 0.2) is 14.9 Å². The summed E-state index contributed by atoms with van der Waals surface area (Å²) in [4.78, 5) is 0.00189. The molecule has 158 valence electrons. The Morgan fingerprint density at radius 2 is 1.67 bits per heavy atom. The minimum atomic E-state index is -3.88. The number of halogens is 1. The fourth-order valence-corrected chi connectivity index (χ4v) is 5.07. The first kappa shape index (κ1) is 22.2. The summed E-state index contributed by atoms with van der Waals surface area (Å²) in [5.74, 6) is 0.165. The number of sulfonamides is 1. The molecule has 1 heterocycles. The highest BCUT2D eigenvalue weighted by molar-refractivity contribution is 9.10. The average Bonchev–Trinajstić information content (AvgIpc) is 2.74. The standard InChI is InChI=1S/C19H18BrN3O5S2/c1-3-29(24,25)19-11-9-16(21-22-19)13-4-7-15(8-5-13)23-30(26,27)18-12-14(20)6-10-17(18)28-2/h4-12,23H,3H2,1-2H3. The van der Waals surface area contributed by atoms with E-state index in [2.05, 4.69) is 30.8 Å². The summed E-state index contributed by atoms with van der Waals surface area (Å²) >= 11 is 3.26. The molecule has 3 aromatic rings. The van der Waals surface area contributed by atoms with E-state index in [1.807, 2.05) is 0 Å². The largest absolute Gasteiger partial charge is 0.495 e. The Bertz CT molecular complexity index is 1260. The third kappa shape index (κ3) is 4.79. The van der Waals surface area contributed by atoms with Crippen LogP contribution in [0.15, 0.2) is 69.0 Å². The SMILES string of the molecule is CCS(=O)(=O)c1ccc(-c2ccc(NS(=O)(=O)c3cc(Br)ccc3OC)cc2)nn1. The van der Waals surface area contributed by atoms with Crippen molar-refractivity contribution in [3.8, 4) is 17.0 Å². The second-order valence-electron chi connectivity index (χ2n) is 6.14. The van der Waals surface area contributed by atoms with Crippen molar-refractivity contribution in [3.05, 3.63) is 59.1 Å². The van der Waals surface area contributed by atoms with E-state index in [0.717, 1.165) is 0 Å².